The average Bonchev–Trinajstić information content (AvgIpc) is 3.13. The maximum absolute atomic E-state index is 6.49. The van der Waals surface area contributed by atoms with Crippen molar-refractivity contribution in [2.75, 3.05) is 0 Å². The molecule has 0 N–H and O–H groups in total. The summed E-state index contributed by atoms with van der Waals surface area (Å²) in [6, 6.07) is 21.7. The fourth-order valence-electron chi connectivity index (χ4n) is 3.69. The van der Waals surface area contributed by atoms with Crippen molar-refractivity contribution < 1.29 is 0 Å². The third-order valence-corrected chi connectivity index (χ3v) is 5.84. The summed E-state index contributed by atoms with van der Waals surface area (Å²) in [5.74, 6) is 0.954. The van der Waals surface area contributed by atoms with Crippen molar-refractivity contribution >= 4 is 34.2 Å². The molecule has 0 unspecified atom stereocenters. The molecule has 0 spiro atoms. The van der Waals surface area contributed by atoms with E-state index in [1.54, 1.807) is 24.7 Å². The molecule has 152 valence electrons. The number of rotatable bonds is 5. The van der Waals surface area contributed by atoms with Gasteiger partial charge in [-0.1, -0.05) is 35.3 Å². The number of benzene rings is 2. The largest absolute Gasteiger partial charge is 0.323 e. The molecule has 5 aromatic rings. The number of nitrogens with zero attached hydrogens (tertiary/aromatic N) is 4. The maximum atomic E-state index is 6.49. The molecule has 0 bridgehead atoms. The third kappa shape index (κ3) is 4.18. The summed E-state index contributed by atoms with van der Waals surface area (Å²) >= 11 is 12.7. The highest BCUT2D eigenvalue weighted by molar-refractivity contribution is 6.33. The number of fused-ring (bicyclic) bond motifs is 1. The van der Waals surface area contributed by atoms with Gasteiger partial charge in [-0.05, 0) is 65.7 Å². The number of halogens is 2. The molecule has 3 aromatic heterocycles. The van der Waals surface area contributed by atoms with Crippen LogP contribution in [0.4, 0.5) is 0 Å². The first-order valence-corrected chi connectivity index (χ1v) is 10.7. The van der Waals surface area contributed by atoms with E-state index in [1.807, 2.05) is 48.5 Å². The number of pyridine rings is 2. The molecule has 6 heteroatoms. The van der Waals surface area contributed by atoms with E-state index in [0.717, 1.165) is 39.2 Å². The highest BCUT2D eigenvalue weighted by Crippen LogP contribution is 2.28. The summed E-state index contributed by atoms with van der Waals surface area (Å²) < 4.78 is 2.21. The van der Waals surface area contributed by atoms with Crippen molar-refractivity contribution in [2.24, 2.45) is 0 Å². The first-order valence-electron chi connectivity index (χ1n) is 9.91. The van der Waals surface area contributed by atoms with Crippen LogP contribution >= 0.6 is 23.2 Å². The second kappa shape index (κ2) is 8.50. The van der Waals surface area contributed by atoms with Gasteiger partial charge in [-0.2, -0.15) is 0 Å². The van der Waals surface area contributed by atoms with Crippen LogP contribution in [0.5, 0.6) is 0 Å². The third-order valence-electron chi connectivity index (χ3n) is 5.24. The van der Waals surface area contributed by atoms with Crippen LogP contribution in [0, 0.1) is 0 Å². The Morgan fingerprint density at radius 3 is 2.52 bits per heavy atom. The van der Waals surface area contributed by atoms with Crippen molar-refractivity contribution in [1.29, 1.82) is 0 Å². The zero-order valence-electron chi connectivity index (χ0n) is 16.5. The second-order valence-electron chi connectivity index (χ2n) is 7.30. The summed E-state index contributed by atoms with van der Waals surface area (Å²) in [5.41, 5.74) is 6.03. The van der Waals surface area contributed by atoms with Crippen molar-refractivity contribution in [2.45, 2.75) is 13.0 Å². The Morgan fingerprint density at radius 2 is 1.71 bits per heavy atom. The lowest BCUT2D eigenvalue weighted by atomic mass is 10.1. The molecule has 4 nitrogen and oxygen atoms in total. The molecule has 5 rings (SSSR count). The quantitative estimate of drug-likeness (QED) is 0.313. The SMILES string of the molecule is Clc1ccc(Cl)c(Cn2c(Cc3ccncc3)nc3ccc(-c4ccccn4)cc32)c1. The van der Waals surface area contributed by atoms with Crippen LogP contribution in [-0.2, 0) is 13.0 Å². The Kier molecular flexibility index (Phi) is 5.41. The van der Waals surface area contributed by atoms with Gasteiger partial charge in [0.05, 0.1) is 23.3 Å². The summed E-state index contributed by atoms with van der Waals surface area (Å²) in [6.45, 7) is 0.571. The molecular weight excluding hydrogens is 427 g/mol. The van der Waals surface area contributed by atoms with Crippen LogP contribution in [0.2, 0.25) is 10.0 Å². The lowest BCUT2D eigenvalue weighted by Crippen LogP contribution is -2.06. The van der Waals surface area contributed by atoms with Crippen molar-refractivity contribution in [3.8, 4) is 11.3 Å². The fraction of sp³-hybridized carbons (Fsp3) is 0.0800. The normalized spacial score (nSPS) is 11.2. The molecule has 0 saturated carbocycles. The van der Waals surface area contributed by atoms with E-state index >= 15 is 0 Å². The fourth-order valence-corrected chi connectivity index (χ4v) is 4.07. The molecule has 0 saturated heterocycles. The summed E-state index contributed by atoms with van der Waals surface area (Å²) in [6.07, 6.45) is 6.09. The lowest BCUT2D eigenvalue weighted by molar-refractivity contribution is 0.762. The standard InChI is InChI=1S/C25H18Cl2N4/c26-20-5-6-21(27)19(14-20)16-31-24-15-18(22-3-1-2-10-29-22)4-7-23(24)30-25(31)13-17-8-11-28-12-9-17/h1-12,14-15H,13,16H2. The van der Waals surface area contributed by atoms with Crippen molar-refractivity contribution in [3.63, 3.8) is 0 Å². The van der Waals surface area contributed by atoms with E-state index in [0.29, 0.717) is 23.0 Å². The van der Waals surface area contributed by atoms with Gasteiger partial charge in [0.2, 0.25) is 0 Å². The van der Waals surface area contributed by atoms with Crippen LogP contribution < -0.4 is 0 Å². The summed E-state index contributed by atoms with van der Waals surface area (Å²) in [7, 11) is 0. The van der Waals surface area contributed by atoms with Crippen LogP contribution in [0.15, 0.2) is 85.3 Å². The number of hydrogen-bond donors (Lipinski definition) is 0. The van der Waals surface area contributed by atoms with E-state index in [1.165, 1.54) is 0 Å². The first-order chi connectivity index (χ1) is 15.2. The van der Waals surface area contributed by atoms with E-state index in [2.05, 4.69) is 26.7 Å². The minimum Gasteiger partial charge on any atom is -0.323 e. The van der Waals surface area contributed by atoms with Gasteiger partial charge in [0.1, 0.15) is 5.82 Å². The molecule has 0 radical (unpaired) electrons. The zero-order valence-corrected chi connectivity index (χ0v) is 18.1. The van der Waals surface area contributed by atoms with E-state index < -0.39 is 0 Å². The van der Waals surface area contributed by atoms with Crippen LogP contribution in [0.3, 0.4) is 0 Å². The first kappa shape index (κ1) is 19.7. The molecule has 0 aliphatic heterocycles. The minimum atomic E-state index is 0.571. The molecular formula is C25H18Cl2N4. The van der Waals surface area contributed by atoms with Gasteiger partial charge in [0, 0.05) is 40.6 Å². The summed E-state index contributed by atoms with van der Waals surface area (Å²) in [4.78, 5) is 13.6. The molecule has 2 aromatic carbocycles. The van der Waals surface area contributed by atoms with E-state index in [9.17, 15) is 0 Å². The molecule has 3 heterocycles. The van der Waals surface area contributed by atoms with Gasteiger partial charge in [0.25, 0.3) is 0 Å². The molecule has 0 aliphatic carbocycles. The van der Waals surface area contributed by atoms with Gasteiger partial charge in [-0.3, -0.25) is 9.97 Å². The van der Waals surface area contributed by atoms with Crippen molar-refractivity contribution in [3.05, 3.63) is 112 Å². The Labute approximate surface area is 190 Å². The van der Waals surface area contributed by atoms with Gasteiger partial charge in [-0.25, -0.2) is 4.98 Å². The number of hydrogen-bond acceptors (Lipinski definition) is 3. The monoisotopic (exact) mass is 444 g/mol. The Morgan fingerprint density at radius 1 is 0.839 bits per heavy atom. The Balaban J connectivity index is 1.65. The van der Waals surface area contributed by atoms with Gasteiger partial charge in [0.15, 0.2) is 0 Å². The second-order valence-corrected chi connectivity index (χ2v) is 8.14. The van der Waals surface area contributed by atoms with Crippen LogP contribution in [0.1, 0.15) is 17.0 Å². The topological polar surface area (TPSA) is 43.6 Å². The Bertz CT molecular complexity index is 1350. The van der Waals surface area contributed by atoms with Gasteiger partial charge >= 0.3 is 0 Å². The highest BCUT2D eigenvalue weighted by Gasteiger charge is 2.15. The number of aromatic nitrogens is 4. The van der Waals surface area contributed by atoms with E-state index in [-0.39, 0.29) is 0 Å². The summed E-state index contributed by atoms with van der Waals surface area (Å²) in [5, 5.41) is 1.34. The predicted molar refractivity (Wildman–Crippen MR) is 126 cm³/mol. The molecule has 0 atom stereocenters. The van der Waals surface area contributed by atoms with Gasteiger partial charge < -0.3 is 4.57 Å². The van der Waals surface area contributed by atoms with Crippen molar-refractivity contribution in [1.82, 2.24) is 19.5 Å². The molecule has 0 aliphatic rings. The molecule has 0 fully saturated rings. The van der Waals surface area contributed by atoms with Crippen LogP contribution in [0.25, 0.3) is 22.3 Å². The molecule has 31 heavy (non-hydrogen) atoms. The van der Waals surface area contributed by atoms with Crippen LogP contribution in [-0.4, -0.2) is 19.5 Å². The zero-order chi connectivity index (χ0) is 21.2. The molecule has 0 amide bonds. The predicted octanol–water partition coefficient (Wildman–Crippen LogP) is 6.44. The maximum Gasteiger partial charge on any atom is 0.114 e. The lowest BCUT2D eigenvalue weighted by Gasteiger charge is -2.12. The number of imidazole rings is 1. The smallest absolute Gasteiger partial charge is 0.114 e. The Hall–Kier alpha value is -3.21. The minimum absolute atomic E-state index is 0.571. The van der Waals surface area contributed by atoms with Gasteiger partial charge in [-0.15, -0.1) is 0 Å². The highest BCUT2D eigenvalue weighted by atomic mass is 35.5. The average molecular weight is 445 g/mol. The van der Waals surface area contributed by atoms with E-state index in [4.69, 9.17) is 28.2 Å².